The SMILES string of the molecule is N#Cc1nc(Oc2cc(F)cc(Br)c2)ccc1N. The zero-order valence-corrected chi connectivity index (χ0v) is 10.6. The van der Waals surface area contributed by atoms with E-state index in [0.717, 1.165) is 0 Å². The molecule has 2 N–H and O–H groups in total. The van der Waals surface area contributed by atoms with E-state index in [0.29, 0.717) is 4.47 Å². The van der Waals surface area contributed by atoms with Crippen molar-refractivity contribution in [1.82, 2.24) is 4.98 Å². The van der Waals surface area contributed by atoms with Gasteiger partial charge < -0.3 is 10.5 Å². The van der Waals surface area contributed by atoms with Crippen molar-refractivity contribution in [1.29, 1.82) is 5.26 Å². The van der Waals surface area contributed by atoms with Crippen molar-refractivity contribution >= 4 is 21.6 Å². The number of nitrogens with zero attached hydrogens (tertiary/aromatic N) is 2. The van der Waals surface area contributed by atoms with E-state index in [-0.39, 0.29) is 23.0 Å². The largest absolute Gasteiger partial charge is 0.439 e. The van der Waals surface area contributed by atoms with Crippen LogP contribution in [0, 0.1) is 17.1 Å². The number of nitriles is 1. The summed E-state index contributed by atoms with van der Waals surface area (Å²) in [5.41, 5.74) is 5.87. The van der Waals surface area contributed by atoms with E-state index in [1.165, 1.54) is 24.3 Å². The molecule has 0 spiro atoms. The summed E-state index contributed by atoms with van der Waals surface area (Å²) in [4.78, 5) is 3.90. The number of ether oxygens (including phenoxy) is 1. The average Bonchev–Trinajstić information content (AvgIpc) is 2.30. The van der Waals surface area contributed by atoms with Crippen LogP contribution in [0.2, 0.25) is 0 Å². The monoisotopic (exact) mass is 307 g/mol. The lowest BCUT2D eigenvalue weighted by Gasteiger charge is -2.06. The summed E-state index contributed by atoms with van der Waals surface area (Å²) in [5, 5.41) is 8.78. The molecule has 0 unspecified atom stereocenters. The molecule has 2 aromatic rings. The Morgan fingerprint density at radius 2 is 2.11 bits per heavy atom. The molecule has 1 aromatic heterocycles. The minimum Gasteiger partial charge on any atom is -0.439 e. The fourth-order valence-electron chi connectivity index (χ4n) is 1.31. The maximum Gasteiger partial charge on any atom is 0.220 e. The first-order valence-electron chi connectivity index (χ1n) is 4.89. The molecule has 0 radical (unpaired) electrons. The molecule has 0 fully saturated rings. The smallest absolute Gasteiger partial charge is 0.220 e. The van der Waals surface area contributed by atoms with Crippen LogP contribution >= 0.6 is 15.9 Å². The highest BCUT2D eigenvalue weighted by molar-refractivity contribution is 9.10. The second kappa shape index (κ2) is 5.02. The fraction of sp³-hybridized carbons (Fsp3) is 0. The van der Waals surface area contributed by atoms with Gasteiger partial charge in [-0.1, -0.05) is 15.9 Å². The number of rotatable bonds is 2. The number of aromatic nitrogens is 1. The minimum atomic E-state index is -0.435. The van der Waals surface area contributed by atoms with E-state index in [1.807, 2.05) is 6.07 Å². The molecule has 0 aliphatic carbocycles. The standard InChI is InChI=1S/C12H7BrFN3O/c13-7-3-8(14)5-9(4-7)18-12-2-1-10(16)11(6-15)17-12/h1-5H,16H2. The Morgan fingerprint density at radius 1 is 1.33 bits per heavy atom. The Hall–Kier alpha value is -2.13. The van der Waals surface area contributed by atoms with E-state index in [2.05, 4.69) is 20.9 Å². The van der Waals surface area contributed by atoms with E-state index >= 15 is 0 Å². The van der Waals surface area contributed by atoms with Gasteiger partial charge in [0, 0.05) is 16.6 Å². The van der Waals surface area contributed by atoms with Crippen LogP contribution in [0.3, 0.4) is 0 Å². The maximum absolute atomic E-state index is 13.1. The lowest BCUT2D eigenvalue weighted by atomic mass is 10.3. The van der Waals surface area contributed by atoms with Gasteiger partial charge in [0.05, 0.1) is 5.69 Å². The van der Waals surface area contributed by atoms with Gasteiger partial charge in [-0.05, 0) is 18.2 Å². The molecule has 0 amide bonds. The zero-order chi connectivity index (χ0) is 13.1. The minimum absolute atomic E-state index is 0.0722. The summed E-state index contributed by atoms with van der Waals surface area (Å²) in [6.07, 6.45) is 0. The molecule has 0 aliphatic rings. The summed E-state index contributed by atoms with van der Waals surface area (Å²) in [5.74, 6) is 0.0246. The summed E-state index contributed by atoms with van der Waals surface area (Å²) in [6.45, 7) is 0. The van der Waals surface area contributed by atoms with Crippen molar-refractivity contribution in [2.24, 2.45) is 0 Å². The first-order chi connectivity index (χ1) is 8.58. The summed E-state index contributed by atoms with van der Waals surface area (Å²) >= 11 is 3.15. The number of pyridine rings is 1. The Kier molecular flexibility index (Phi) is 3.44. The van der Waals surface area contributed by atoms with Gasteiger partial charge in [0.15, 0.2) is 5.69 Å². The van der Waals surface area contributed by atoms with Gasteiger partial charge in [0.2, 0.25) is 5.88 Å². The predicted octanol–water partition coefficient (Wildman–Crippen LogP) is 3.23. The molecule has 0 saturated heterocycles. The van der Waals surface area contributed by atoms with Crippen molar-refractivity contribution in [3.8, 4) is 17.7 Å². The van der Waals surface area contributed by atoms with Crippen LogP contribution < -0.4 is 10.5 Å². The number of hydrogen-bond donors (Lipinski definition) is 1. The van der Waals surface area contributed by atoms with Crippen molar-refractivity contribution in [2.45, 2.75) is 0 Å². The quantitative estimate of drug-likeness (QED) is 0.924. The fourth-order valence-corrected chi connectivity index (χ4v) is 1.75. The van der Waals surface area contributed by atoms with Gasteiger partial charge in [-0.25, -0.2) is 9.37 Å². The van der Waals surface area contributed by atoms with Crippen molar-refractivity contribution in [2.75, 3.05) is 5.73 Å². The van der Waals surface area contributed by atoms with Crippen molar-refractivity contribution < 1.29 is 9.13 Å². The number of anilines is 1. The highest BCUT2D eigenvalue weighted by Crippen LogP contribution is 2.25. The zero-order valence-electron chi connectivity index (χ0n) is 9.02. The molecule has 18 heavy (non-hydrogen) atoms. The van der Waals surface area contributed by atoms with Gasteiger partial charge in [-0.3, -0.25) is 0 Å². The Morgan fingerprint density at radius 3 is 2.78 bits per heavy atom. The first-order valence-corrected chi connectivity index (χ1v) is 5.68. The second-order valence-corrected chi connectivity index (χ2v) is 4.32. The van der Waals surface area contributed by atoms with Crippen molar-refractivity contribution in [3.63, 3.8) is 0 Å². The van der Waals surface area contributed by atoms with Crippen LogP contribution in [-0.4, -0.2) is 4.98 Å². The number of halogens is 2. The summed E-state index contributed by atoms with van der Waals surface area (Å²) < 4.78 is 19.0. The molecule has 0 atom stereocenters. The molecular formula is C12H7BrFN3O. The topological polar surface area (TPSA) is 71.9 Å². The molecule has 0 aliphatic heterocycles. The summed E-state index contributed by atoms with van der Waals surface area (Å²) in [7, 11) is 0. The molecular weight excluding hydrogens is 301 g/mol. The maximum atomic E-state index is 13.1. The average molecular weight is 308 g/mol. The third-order valence-corrected chi connectivity index (χ3v) is 2.52. The van der Waals surface area contributed by atoms with Crippen LogP contribution in [0.1, 0.15) is 5.69 Å². The number of benzene rings is 1. The lowest BCUT2D eigenvalue weighted by Crippen LogP contribution is -1.96. The molecule has 1 aromatic carbocycles. The molecule has 0 saturated carbocycles. The second-order valence-electron chi connectivity index (χ2n) is 3.41. The lowest BCUT2D eigenvalue weighted by molar-refractivity contribution is 0.457. The van der Waals surface area contributed by atoms with Gasteiger partial charge in [0.1, 0.15) is 17.6 Å². The number of nitrogens with two attached hydrogens (primary N) is 1. The molecule has 2 rings (SSSR count). The Labute approximate surface area is 111 Å². The van der Waals surface area contributed by atoms with Gasteiger partial charge >= 0.3 is 0 Å². The normalized spacial score (nSPS) is 9.83. The summed E-state index contributed by atoms with van der Waals surface area (Å²) in [6, 6.07) is 8.98. The third-order valence-electron chi connectivity index (χ3n) is 2.07. The first kappa shape index (κ1) is 12.3. The van der Waals surface area contributed by atoms with E-state index < -0.39 is 5.82 Å². The Balaban J connectivity index is 2.31. The third kappa shape index (κ3) is 2.76. The number of hydrogen-bond acceptors (Lipinski definition) is 4. The molecule has 0 bridgehead atoms. The number of nitrogen functional groups attached to an aromatic ring is 1. The highest BCUT2D eigenvalue weighted by Gasteiger charge is 2.06. The van der Waals surface area contributed by atoms with Gasteiger partial charge in [-0.2, -0.15) is 5.26 Å². The van der Waals surface area contributed by atoms with Crippen molar-refractivity contribution in [3.05, 3.63) is 46.3 Å². The van der Waals surface area contributed by atoms with E-state index in [9.17, 15) is 4.39 Å². The van der Waals surface area contributed by atoms with Gasteiger partial charge in [0.25, 0.3) is 0 Å². The van der Waals surface area contributed by atoms with Crippen LogP contribution in [-0.2, 0) is 0 Å². The van der Waals surface area contributed by atoms with Crippen LogP contribution in [0.5, 0.6) is 11.6 Å². The molecule has 90 valence electrons. The van der Waals surface area contributed by atoms with Gasteiger partial charge in [-0.15, -0.1) is 0 Å². The molecule has 6 heteroatoms. The molecule has 1 heterocycles. The van der Waals surface area contributed by atoms with E-state index in [1.54, 1.807) is 6.07 Å². The molecule has 4 nitrogen and oxygen atoms in total. The predicted molar refractivity (Wildman–Crippen MR) is 67.5 cm³/mol. The van der Waals surface area contributed by atoms with Crippen LogP contribution in [0.15, 0.2) is 34.8 Å². The van der Waals surface area contributed by atoms with E-state index in [4.69, 9.17) is 15.7 Å². The Bertz CT molecular complexity index is 619. The van der Waals surface area contributed by atoms with Crippen LogP contribution in [0.4, 0.5) is 10.1 Å². The van der Waals surface area contributed by atoms with Crippen LogP contribution in [0.25, 0.3) is 0 Å². The highest BCUT2D eigenvalue weighted by atomic mass is 79.9.